The number of pyridine rings is 1. The topological polar surface area (TPSA) is 75.8 Å². The minimum absolute atomic E-state index is 0.0531. The Morgan fingerprint density at radius 1 is 1.67 bits per heavy atom. The molecule has 0 aliphatic heterocycles. The van der Waals surface area contributed by atoms with Crippen LogP contribution >= 0.6 is 0 Å². The molecule has 0 saturated carbocycles. The number of aromatic nitrogens is 1. The summed E-state index contributed by atoms with van der Waals surface area (Å²) in [4.78, 5) is 10.5. The summed E-state index contributed by atoms with van der Waals surface area (Å²) in [5.41, 5.74) is 3.71. The molecule has 0 fully saturated rings. The summed E-state index contributed by atoms with van der Waals surface area (Å²) in [5.74, 6) is 6.12. The Morgan fingerprint density at radius 2 is 2.44 bits per heavy atom. The number of methoxy groups -OCH3 is 1. The molecule has 0 spiro atoms. The second-order valence-electron chi connectivity index (χ2n) is 4.12. The minimum Gasteiger partial charge on any atom is -0.382 e. The normalized spacial score (nSPS) is 13.2. The predicted octanol–water partition coefficient (Wildman–Crippen LogP) is 0.368. The molecule has 1 aromatic heterocycles. The van der Waals surface area contributed by atoms with Crippen molar-refractivity contribution in [3.63, 3.8) is 0 Å². The first-order valence-corrected chi connectivity index (χ1v) is 5.80. The summed E-state index contributed by atoms with van der Waals surface area (Å²) in [5, 5.41) is 0. The zero-order valence-electron chi connectivity index (χ0n) is 11.1. The van der Waals surface area contributed by atoms with E-state index in [1.54, 1.807) is 13.3 Å². The molecule has 0 aromatic carbocycles. The van der Waals surface area contributed by atoms with E-state index in [0.717, 1.165) is 5.56 Å². The highest BCUT2D eigenvalue weighted by atomic mass is 16.5. The Morgan fingerprint density at radius 3 is 3.00 bits per heavy atom. The van der Waals surface area contributed by atoms with Gasteiger partial charge in [-0.25, -0.2) is 10.8 Å². The number of guanidine groups is 1. The number of hydrogen-bond acceptors (Lipinski definition) is 4. The molecule has 0 radical (unpaired) electrons. The van der Waals surface area contributed by atoms with Crippen LogP contribution in [0.1, 0.15) is 12.5 Å². The van der Waals surface area contributed by atoms with Gasteiger partial charge >= 0.3 is 0 Å². The van der Waals surface area contributed by atoms with E-state index in [9.17, 15) is 0 Å². The first-order valence-electron chi connectivity index (χ1n) is 5.80. The summed E-state index contributed by atoms with van der Waals surface area (Å²) < 4.78 is 5.04. The molecule has 0 aliphatic carbocycles. The number of rotatable bonds is 5. The van der Waals surface area contributed by atoms with E-state index in [-0.39, 0.29) is 6.04 Å². The Balaban J connectivity index is 2.65. The number of nitrogens with one attached hydrogen (secondary N) is 1. The molecular formula is C12H21N5O. The lowest BCUT2D eigenvalue weighted by Gasteiger charge is -2.21. The average molecular weight is 251 g/mol. The van der Waals surface area contributed by atoms with Gasteiger partial charge in [-0.3, -0.25) is 10.4 Å². The predicted molar refractivity (Wildman–Crippen MR) is 71.8 cm³/mol. The van der Waals surface area contributed by atoms with Crippen LogP contribution in [-0.2, 0) is 11.3 Å². The summed E-state index contributed by atoms with van der Waals surface area (Å²) in [6.07, 6.45) is 3.57. The van der Waals surface area contributed by atoms with Gasteiger partial charge in [-0.15, -0.1) is 0 Å². The summed E-state index contributed by atoms with van der Waals surface area (Å²) in [6, 6.07) is 3.97. The molecule has 1 rings (SSSR count). The fraction of sp³-hybridized carbons (Fsp3) is 0.500. The van der Waals surface area contributed by atoms with Gasteiger partial charge in [0.05, 0.1) is 12.6 Å². The average Bonchev–Trinajstić information content (AvgIpc) is 2.37. The molecule has 0 bridgehead atoms. The molecule has 1 heterocycles. The minimum atomic E-state index is 0.0531. The molecule has 0 amide bonds. The lowest BCUT2D eigenvalue weighted by molar-refractivity contribution is 0.185. The van der Waals surface area contributed by atoms with Crippen LogP contribution in [0.15, 0.2) is 29.5 Å². The van der Waals surface area contributed by atoms with Crippen molar-refractivity contribution in [1.29, 1.82) is 0 Å². The Bertz CT molecular complexity index is 368. The van der Waals surface area contributed by atoms with E-state index in [0.29, 0.717) is 19.1 Å². The van der Waals surface area contributed by atoms with Gasteiger partial charge in [0.1, 0.15) is 0 Å². The van der Waals surface area contributed by atoms with E-state index < -0.39 is 0 Å². The number of hydrazine groups is 1. The second kappa shape index (κ2) is 7.62. The van der Waals surface area contributed by atoms with E-state index in [4.69, 9.17) is 10.6 Å². The van der Waals surface area contributed by atoms with Gasteiger partial charge in [0.15, 0.2) is 0 Å². The lowest BCUT2D eigenvalue weighted by atomic mass is 10.3. The maximum Gasteiger partial charge on any atom is 0.208 e. The number of nitrogens with two attached hydrogens (primary N) is 1. The van der Waals surface area contributed by atoms with Crippen LogP contribution in [0.5, 0.6) is 0 Å². The third-order valence-corrected chi connectivity index (χ3v) is 2.38. The van der Waals surface area contributed by atoms with Crippen LogP contribution in [0, 0.1) is 0 Å². The molecule has 6 heteroatoms. The zero-order valence-corrected chi connectivity index (χ0v) is 11.1. The van der Waals surface area contributed by atoms with Gasteiger partial charge in [0.2, 0.25) is 5.96 Å². The molecule has 1 atom stereocenters. The number of nitrogens with zero attached hydrogens (tertiary/aromatic N) is 3. The molecule has 100 valence electrons. The van der Waals surface area contributed by atoms with Gasteiger partial charge in [0, 0.05) is 33.1 Å². The van der Waals surface area contributed by atoms with Crippen LogP contribution in [-0.4, -0.2) is 42.6 Å². The Labute approximate surface area is 108 Å². The smallest absolute Gasteiger partial charge is 0.208 e. The Hall–Kier alpha value is -1.66. The fourth-order valence-electron chi connectivity index (χ4n) is 1.57. The van der Waals surface area contributed by atoms with E-state index in [2.05, 4.69) is 15.4 Å². The van der Waals surface area contributed by atoms with Crippen LogP contribution in [0.25, 0.3) is 0 Å². The Kier molecular flexibility index (Phi) is 6.10. The second-order valence-corrected chi connectivity index (χ2v) is 4.12. The van der Waals surface area contributed by atoms with Crippen molar-refractivity contribution in [2.75, 3.05) is 20.8 Å². The molecular weight excluding hydrogens is 230 g/mol. The number of ether oxygens (including phenoxy) is 1. The molecule has 0 aliphatic rings. The van der Waals surface area contributed by atoms with Crippen LogP contribution < -0.4 is 11.3 Å². The third kappa shape index (κ3) is 4.68. The first-order chi connectivity index (χ1) is 8.67. The van der Waals surface area contributed by atoms with Crippen molar-refractivity contribution >= 4 is 5.96 Å². The van der Waals surface area contributed by atoms with Gasteiger partial charge < -0.3 is 9.64 Å². The van der Waals surface area contributed by atoms with Gasteiger partial charge in [-0.2, -0.15) is 0 Å². The summed E-state index contributed by atoms with van der Waals surface area (Å²) in [7, 11) is 3.58. The van der Waals surface area contributed by atoms with Crippen molar-refractivity contribution in [2.45, 2.75) is 19.5 Å². The summed E-state index contributed by atoms with van der Waals surface area (Å²) in [6.45, 7) is 3.22. The van der Waals surface area contributed by atoms with E-state index in [1.807, 2.05) is 37.2 Å². The summed E-state index contributed by atoms with van der Waals surface area (Å²) >= 11 is 0. The largest absolute Gasteiger partial charge is 0.382 e. The van der Waals surface area contributed by atoms with Crippen molar-refractivity contribution < 1.29 is 4.74 Å². The maximum atomic E-state index is 5.49. The van der Waals surface area contributed by atoms with Crippen molar-refractivity contribution in [2.24, 2.45) is 10.8 Å². The molecule has 0 saturated heterocycles. The van der Waals surface area contributed by atoms with E-state index in [1.165, 1.54) is 0 Å². The van der Waals surface area contributed by atoms with Crippen LogP contribution in [0.3, 0.4) is 0 Å². The quantitative estimate of drug-likeness (QED) is 0.342. The molecule has 1 unspecified atom stereocenters. The van der Waals surface area contributed by atoms with Crippen molar-refractivity contribution in [1.82, 2.24) is 15.3 Å². The standard InChI is InChI=1S/C12H21N5O/c1-10(9-18-3)15-12(16-13)17(2)8-11-5-4-6-14-7-11/h4-7,10H,8-9,13H2,1-3H3,(H,15,16). The monoisotopic (exact) mass is 251 g/mol. The van der Waals surface area contributed by atoms with Gasteiger partial charge in [0.25, 0.3) is 0 Å². The molecule has 3 N–H and O–H groups in total. The maximum absolute atomic E-state index is 5.49. The van der Waals surface area contributed by atoms with E-state index >= 15 is 0 Å². The zero-order chi connectivity index (χ0) is 13.4. The van der Waals surface area contributed by atoms with Crippen molar-refractivity contribution in [3.05, 3.63) is 30.1 Å². The highest BCUT2D eigenvalue weighted by Gasteiger charge is 2.08. The highest BCUT2D eigenvalue weighted by Crippen LogP contribution is 2.02. The van der Waals surface area contributed by atoms with Gasteiger partial charge in [-0.05, 0) is 18.6 Å². The van der Waals surface area contributed by atoms with Crippen LogP contribution in [0.2, 0.25) is 0 Å². The SMILES string of the molecule is COCC(C)N=C(NN)N(C)Cc1cccnc1. The highest BCUT2D eigenvalue weighted by molar-refractivity contribution is 5.79. The number of aliphatic imine (C=N–C) groups is 1. The first kappa shape index (κ1) is 14.4. The number of hydrogen-bond donors (Lipinski definition) is 2. The van der Waals surface area contributed by atoms with Crippen molar-refractivity contribution in [3.8, 4) is 0 Å². The van der Waals surface area contributed by atoms with Gasteiger partial charge in [-0.1, -0.05) is 6.07 Å². The molecule has 18 heavy (non-hydrogen) atoms. The molecule has 6 nitrogen and oxygen atoms in total. The molecule has 1 aromatic rings. The lowest BCUT2D eigenvalue weighted by Crippen LogP contribution is -2.43. The van der Waals surface area contributed by atoms with Crippen LogP contribution in [0.4, 0.5) is 0 Å². The third-order valence-electron chi connectivity index (χ3n) is 2.38. The fourth-order valence-corrected chi connectivity index (χ4v) is 1.57.